The minimum absolute atomic E-state index is 0. The van der Waals surface area contributed by atoms with E-state index in [9.17, 15) is 8.42 Å². The number of sulfonamides is 1. The van der Waals surface area contributed by atoms with Crippen molar-refractivity contribution in [2.75, 3.05) is 13.1 Å². The average molecular weight is 279 g/mol. The Morgan fingerprint density at radius 3 is 2.82 bits per heavy atom. The molecule has 0 bridgehead atoms. The summed E-state index contributed by atoms with van der Waals surface area (Å²) in [6.07, 6.45) is 5.90. The Labute approximate surface area is 107 Å². The number of piperidine rings is 1. The van der Waals surface area contributed by atoms with E-state index in [1.807, 2.05) is 0 Å². The fourth-order valence-electron chi connectivity index (χ4n) is 1.66. The van der Waals surface area contributed by atoms with E-state index in [-0.39, 0.29) is 23.5 Å². The van der Waals surface area contributed by atoms with Crippen molar-refractivity contribution in [3.63, 3.8) is 0 Å². The number of hydrogen-bond acceptors (Lipinski definition) is 5. The summed E-state index contributed by atoms with van der Waals surface area (Å²) in [5.74, 6) is 0. The summed E-state index contributed by atoms with van der Waals surface area (Å²) >= 11 is 0. The summed E-state index contributed by atoms with van der Waals surface area (Å²) in [6.45, 7) is 1.61. The Balaban J connectivity index is 0.00000144. The van der Waals surface area contributed by atoms with Crippen molar-refractivity contribution in [1.29, 1.82) is 0 Å². The van der Waals surface area contributed by atoms with Crippen LogP contribution >= 0.6 is 12.4 Å². The van der Waals surface area contributed by atoms with Crippen LogP contribution in [0.1, 0.15) is 12.8 Å². The van der Waals surface area contributed by atoms with Crippen LogP contribution in [0.15, 0.2) is 23.6 Å². The molecule has 1 aliphatic heterocycles. The molecule has 96 valence electrons. The van der Waals surface area contributed by atoms with Gasteiger partial charge in [0.1, 0.15) is 0 Å². The molecule has 1 fully saturated rings. The van der Waals surface area contributed by atoms with Crippen molar-refractivity contribution >= 4 is 22.4 Å². The molecular formula is C9H15ClN4O2S. The highest BCUT2D eigenvalue weighted by Gasteiger charge is 2.22. The Hall–Kier alpha value is -0.760. The van der Waals surface area contributed by atoms with E-state index in [4.69, 9.17) is 0 Å². The van der Waals surface area contributed by atoms with Crippen LogP contribution in [0.5, 0.6) is 0 Å². The van der Waals surface area contributed by atoms with Gasteiger partial charge < -0.3 is 5.32 Å². The molecule has 0 aromatic carbocycles. The van der Waals surface area contributed by atoms with E-state index >= 15 is 0 Å². The first-order valence-electron chi connectivity index (χ1n) is 5.17. The number of aromatic nitrogens is 2. The monoisotopic (exact) mass is 278 g/mol. The van der Waals surface area contributed by atoms with Gasteiger partial charge in [0, 0.05) is 25.0 Å². The largest absolute Gasteiger partial charge is 0.315 e. The molecular weight excluding hydrogens is 264 g/mol. The summed E-state index contributed by atoms with van der Waals surface area (Å²) in [7, 11) is -3.52. The highest BCUT2D eigenvalue weighted by Crippen LogP contribution is 2.07. The average Bonchev–Trinajstić information content (AvgIpc) is 2.31. The van der Waals surface area contributed by atoms with E-state index < -0.39 is 10.0 Å². The highest BCUT2D eigenvalue weighted by atomic mass is 35.5. The number of nitrogens with one attached hydrogen (secondary N) is 2. The maximum atomic E-state index is 11.9. The zero-order valence-electron chi connectivity index (χ0n) is 9.17. The zero-order valence-corrected chi connectivity index (χ0v) is 10.8. The van der Waals surface area contributed by atoms with Gasteiger partial charge in [0.2, 0.25) is 0 Å². The SMILES string of the molecule is Cl.O=S(=O)(NC1CCCNC1)c1cnccn1. The molecule has 1 aromatic heterocycles. The van der Waals surface area contributed by atoms with Crippen LogP contribution in [0.2, 0.25) is 0 Å². The highest BCUT2D eigenvalue weighted by molar-refractivity contribution is 7.89. The van der Waals surface area contributed by atoms with Crippen molar-refractivity contribution < 1.29 is 8.42 Å². The van der Waals surface area contributed by atoms with Crippen LogP contribution < -0.4 is 10.0 Å². The van der Waals surface area contributed by atoms with Crippen LogP contribution in [-0.4, -0.2) is 37.5 Å². The minimum atomic E-state index is -3.52. The van der Waals surface area contributed by atoms with Crippen molar-refractivity contribution in [2.45, 2.75) is 23.9 Å². The third-order valence-corrected chi connectivity index (χ3v) is 3.84. The molecule has 1 saturated heterocycles. The Kier molecular flexibility index (Phi) is 5.26. The van der Waals surface area contributed by atoms with Crippen molar-refractivity contribution in [1.82, 2.24) is 20.0 Å². The van der Waals surface area contributed by atoms with Crippen molar-refractivity contribution in [2.24, 2.45) is 0 Å². The molecule has 1 unspecified atom stereocenters. The standard InChI is InChI=1S/C9H14N4O2S.ClH/c14-16(15,9-7-11-4-5-12-9)13-8-2-1-3-10-6-8;/h4-5,7-8,10,13H,1-3,6H2;1H. The first-order valence-corrected chi connectivity index (χ1v) is 6.66. The summed E-state index contributed by atoms with van der Waals surface area (Å²) in [5, 5.41) is 3.12. The minimum Gasteiger partial charge on any atom is -0.315 e. The number of halogens is 1. The van der Waals surface area contributed by atoms with Crippen LogP contribution in [-0.2, 0) is 10.0 Å². The predicted octanol–water partition coefficient (Wildman–Crippen LogP) is -0.0713. The summed E-state index contributed by atoms with van der Waals surface area (Å²) in [4.78, 5) is 7.53. The van der Waals surface area contributed by atoms with Gasteiger partial charge >= 0.3 is 0 Å². The predicted molar refractivity (Wildman–Crippen MR) is 65.5 cm³/mol. The van der Waals surface area contributed by atoms with Gasteiger partial charge in [0.15, 0.2) is 5.03 Å². The second kappa shape index (κ2) is 6.25. The summed E-state index contributed by atoms with van der Waals surface area (Å²) < 4.78 is 26.3. The van der Waals surface area contributed by atoms with Gasteiger partial charge in [0.05, 0.1) is 6.20 Å². The normalized spacial score (nSPS) is 20.6. The van der Waals surface area contributed by atoms with Crippen LogP contribution in [0.3, 0.4) is 0 Å². The first-order chi connectivity index (χ1) is 7.68. The molecule has 0 saturated carbocycles. The lowest BCUT2D eigenvalue weighted by atomic mass is 10.1. The van der Waals surface area contributed by atoms with Crippen LogP contribution in [0, 0.1) is 0 Å². The molecule has 17 heavy (non-hydrogen) atoms. The zero-order chi connectivity index (χ0) is 11.4. The number of hydrogen-bond donors (Lipinski definition) is 2. The molecule has 2 heterocycles. The lowest BCUT2D eigenvalue weighted by Gasteiger charge is -2.23. The summed E-state index contributed by atoms with van der Waals surface area (Å²) in [5.41, 5.74) is 0. The lowest BCUT2D eigenvalue weighted by molar-refractivity contribution is 0.428. The molecule has 1 aliphatic rings. The third-order valence-electron chi connectivity index (χ3n) is 2.43. The molecule has 1 atom stereocenters. The van der Waals surface area contributed by atoms with E-state index in [1.165, 1.54) is 18.6 Å². The van der Waals surface area contributed by atoms with Crippen LogP contribution in [0.4, 0.5) is 0 Å². The second-order valence-electron chi connectivity index (χ2n) is 3.71. The van der Waals surface area contributed by atoms with Gasteiger partial charge in [-0.3, -0.25) is 4.98 Å². The molecule has 8 heteroatoms. The van der Waals surface area contributed by atoms with Gasteiger partial charge in [-0.2, -0.15) is 0 Å². The number of nitrogens with zero attached hydrogens (tertiary/aromatic N) is 2. The topological polar surface area (TPSA) is 84.0 Å². The van der Waals surface area contributed by atoms with E-state index in [0.29, 0.717) is 6.54 Å². The van der Waals surface area contributed by atoms with Gasteiger partial charge in [-0.05, 0) is 19.4 Å². The molecule has 2 N–H and O–H groups in total. The smallest absolute Gasteiger partial charge is 0.259 e. The van der Waals surface area contributed by atoms with E-state index in [2.05, 4.69) is 20.0 Å². The maximum absolute atomic E-state index is 11.9. The second-order valence-corrected chi connectivity index (χ2v) is 5.37. The molecule has 1 aromatic rings. The Morgan fingerprint density at radius 2 is 2.24 bits per heavy atom. The van der Waals surface area contributed by atoms with Gasteiger partial charge in [0.25, 0.3) is 10.0 Å². The Morgan fingerprint density at radius 1 is 1.41 bits per heavy atom. The van der Waals surface area contributed by atoms with Gasteiger partial charge in [-0.25, -0.2) is 18.1 Å². The molecule has 6 nitrogen and oxygen atoms in total. The maximum Gasteiger partial charge on any atom is 0.259 e. The quantitative estimate of drug-likeness (QED) is 0.809. The van der Waals surface area contributed by atoms with Crippen molar-refractivity contribution in [3.05, 3.63) is 18.6 Å². The molecule has 0 aliphatic carbocycles. The lowest BCUT2D eigenvalue weighted by Crippen LogP contribution is -2.45. The first kappa shape index (κ1) is 14.3. The summed E-state index contributed by atoms with van der Waals surface area (Å²) in [6, 6.07) is -0.0549. The fourth-order valence-corrected chi connectivity index (χ4v) is 2.82. The van der Waals surface area contributed by atoms with Gasteiger partial charge in [-0.15, -0.1) is 12.4 Å². The molecule has 0 amide bonds. The van der Waals surface area contributed by atoms with Crippen molar-refractivity contribution in [3.8, 4) is 0 Å². The fraction of sp³-hybridized carbons (Fsp3) is 0.556. The van der Waals surface area contributed by atoms with Gasteiger partial charge in [-0.1, -0.05) is 0 Å². The number of rotatable bonds is 3. The van der Waals surface area contributed by atoms with Crippen LogP contribution in [0.25, 0.3) is 0 Å². The third kappa shape index (κ3) is 3.88. The Bertz CT molecular complexity index is 434. The molecule has 2 rings (SSSR count). The van der Waals surface area contributed by atoms with E-state index in [1.54, 1.807) is 0 Å². The van der Waals surface area contributed by atoms with E-state index in [0.717, 1.165) is 19.4 Å². The molecule has 0 radical (unpaired) electrons. The molecule has 0 spiro atoms.